The number of likely N-dealkylation sites (tertiary alicyclic amines) is 1. The number of aliphatic hydroxyl groups is 1. The van der Waals surface area contributed by atoms with Gasteiger partial charge in [-0.1, -0.05) is 12.1 Å². The van der Waals surface area contributed by atoms with Gasteiger partial charge < -0.3 is 25.8 Å². The number of nitrogens with one attached hydrogen (secondary N) is 1. The molecule has 0 spiro atoms. The Morgan fingerprint density at radius 1 is 1.18 bits per heavy atom. The van der Waals surface area contributed by atoms with E-state index in [0.29, 0.717) is 18.4 Å². The van der Waals surface area contributed by atoms with Crippen molar-refractivity contribution in [2.45, 2.75) is 12.5 Å². The summed E-state index contributed by atoms with van der Waals surface area (Å²) in [4.78, 5) is 11.1. The first-order valence-electron chi connectivity index (χ1n) is 9.61. The van der Waals surface area contributed by atoms with Crippen LogP contribution in [-0.4, -0.2) is 69.0 Å². The van der Waals surface area contributed by atoms with Crippen LogP contribution in [0.5, 0.6) is 5.75 Å². The van der Waals surface area contributed by atoms with E-state index in [0.717, 1.165) is 54.8 Å². The fourth-order valence-electron chi connectivity index (χ4n) is 3.93. The number of hydrogen-bond acceptors (Lipinski definition) is 7. The Labute approximate surface area is 163 Å². The molecular weight excluding hydrogens is 356 g/mol. The highest BCUT2D eigenvalue weighted by atomic mass is 16.3. The number of anilines is 1. The van der Waals surface area contributed by atoms with Crippen LogP contribution in [0.1, 0.15) is 12.5 Å². The van der Waals surface area contributed by atoms with Gasteiger partial charge in [0.05, 0.1) is 12.0 Å². The number of fused-ring (bicyclic) bond motifs is 1. The molecule has 0 bridgehead atoms. The molecule has 3 aromatic rings. The topological polar surface area (TPSA) is 112 Å². The van der Waals surface area contributed by atoms with Gasteiger partial charge in [-0.25, -0.2) is 9.97 Å². The molecule has 0 amide bonds. The molecule has 1 aromatic carbocycles. The number of nitrogen functional groups attached to an aromatic ring is 1. The Kier molecular flexibility index (Phi) is 5.43. The number of hydrogen-bond donors (Lipinski definition) is 4. The number of phenolic OH excluding ortho intramolecular Hbond substituents is 1. The maximum Gasteiger partial charge on any atom is 0.146 e. The first-order chi connectivity index (χ1) is 13.7. The Morgan fingerprint density at radius 3 is 2.79 bits per heavy atom. The molecule has 1 fully saturated rings. The van der Waals surface area contributed by atoms with E-state index in [1.165, 1.54) is 6.33 Å². The van der Waals surface area contributed by atoms with Crippen molar-refractivity contribution in [1.29, 1.82) is 0 Å². The summed E-state index contributed by atoms with van der Waals surface area (Å²) in [6.45, 7) is 4.60. The van der Waals surface area contributed by atoms with E-state index in [2.05, 4.69) is 30.9 Å². The van der Waals surface area contributed by atoms with Crippen molar-refractivity contribution in [2.75, 3.05) is 45.1 Å². The third kappa shape index (κ3) is 3.66. The second-order valence-corrected chi connectivity index (χ2v) is 7.17. The lowest BCUT2D eigenvalue weighted by molar-refractivity contribution is 0.280. The monoisotopic (exact) mass is 382 g/mol. The Bertz CT molecular complexity index is 940. The van der Waals surface area contributed by atoms with E-state index in [1.807, 2.05) is 12.1 Å². The molecule has 1 saturated heterocycles. The Morgan fingerprint density at radius 2 is 2.00 bits per heavy atom. The first-order valence-corrected chi connectivity index (χ1v) is 9.61. The number of phenols is 1. The zero-order valence-electron chi connectivity index (χ0n) is 15.8. The number of nitrogens with two attached hydrogens (primary N) is 1. The number of nitrogens with zero attached hydrogens (tertiary/aromatic N) is 4. The number of aromatic nitrogens is 3. The lowest BCUT2D eigenvalue weighted by Gasteiger charge is -2.17. The summed E-state index contributed by atoms with van der Waals surface area (Å²) in [5.74, 6) is 0.702. The van der Waals surface area contributed by atoms with E-state index in [1.54, 1.807) is 12.1 Å². The van der Waals surface area contributed by atoms with Crippen molar-refractivity contribution in [3.05, 3.63) is 36.8 Å². The molecule has 4 rings (SSSR count). The third-order valence-electron chi connectivity index (χ3n) is 5.35. The molecule has 0 radical (unpaired) electrons. The van der Waals surface area contributed by atoms with E-state index in [4.69, 9.17) is 10.8 Å². The first kappa shape index (κ1) is 18.7. The summed E-state index contributed by atoms with van der Waals surface area (Å²) in [5, 5.41) is 22.6. The van der Waals surface area contributed by atoms with Crippen LogP contribution in [0.2, 0.25) is 0 Å². The minimum Gasteiger partial charge on any atom is -0.508 e. The van der Waals surface area contributed by atoms with E-state index in [9.17, 15) is 5.11 Å². The summed E-state index contributed by atoms with van der Waals surface area (Å²) in [7, 11) is 0. The fraction of sp³-hybridized carbons (Fsp3) is 0.400. The van der Waals surface area contributed by atoms with Gasteiger partial charge in [0.2, 0.25) is 0 Å². The maximum atomic E-state index is 9.60. The molecule has 8 nitrogen and oxygen atoms in total. The molecule has 3 heterocycles. The zero-order chi connectivity index (χ0) is 19.5. The Hall–Kier alpha value is -2.68. The largest absolute Gasteiger partial charge is 0.508 e. The molecule has 1 aliphatic rings. The summed E-state index contributed by atoms with van der Waals surface area (Å²) in [6.07, 6.45) is 4.67. The molecule has 2 aromatic heterocycles. The van der Waals surface area contributed by atoms with Crippen molar-refractivity contribution >= 4 is 16.9 Å². The average Bonchev–Trinajstić information content (AvgIpc) is 3.31. The number of aliphatic hydroxyl groups excluding tert-OH is 1. The van der Waals surface area contributed by atoms with Crippen molar-refractivity contribution < 1.29 is 10.2 Å². The molecule has 148 valence electrons. The van der Waals surface area contributed by atoms with Crippen molar-refractivity contribution in [3.63, 3.8) is 0 Å². The SMILES string of the molecule is Nc1ncnc2c1c(-c1ccc(O)cc1)cn2C1CCN(CCNCCO)C1. The summed E-state index contributed by atoms with van der Waals surface area (Å²) < 4.78 is 2.22. The summed E-state index contributed by atoms with van der Waals surface area (Å²) in [6, 6.07) is 7.44. The second-order valence-electron chi connectivity index (χ2n) is 7.17. The highest BCUT2D eigenvalue weighted by molar-refractivity contribution is 6.00. The van der Waals surface area contributed by atoms with Gasteiger partial charge in [0.1, 0.15) is 23.5 Å². The maximum absolute atomic E-state index is 9.60. The van der Waals surface area contributed by atoms with E-state index < -0.39 is 0 Å². The molecule has 28 heavy (non-hydrogen) atoms. The van der Waals surface area contributed by atoms with Gasteiger partial charge in [0, 0.05) is 50.5 Å². The van der Waals surface area contributed by atoms with Gasteiger partial charge in [0.15, 0.2) is 0 Å². The number of benzene rings is 1. The lowest BCUT2D eigenvalue weighted by atomic mass is 10.1. The predicted octanol–water partition coefficient (Wildman–Crippen LogP) is 1.21. The van der Waals surface area contributed by atoms with Crippen LogP contribution < -0.4 is 11.1 Å². The highest BCUT2D eigenvalue weighted by Crippen LogP contribution is 2.36. The van der Waals surface area contributed by atoms with Crippen molar-refractivity contribution in [2.24, 2.45) is 0 Å². The number of rotatable bonds is 7. The van der Waals surface area contributed by atoms with Gasteiger partial charge in [0.25, 0.3) is 0 Å². The minimum absolute atomic E-state index is 0.166. The predicted molar refractivity (Wildman–Crippen MR) is 109 cm³/mol. The summed E-state index contributed by atoms with van der Waals surface area (Å²) >= 11 is 0. The number of aromatic hydroxyl groups is 1. The van der Waals surface area contributed by atoms with Gasteiger partial charge in [-0.3, -0.25) is 4.90 Å². The standard InChI is InChI=1S/C20H26N6O2/c21-19-18-17(14-1-3-16(28)4-2-14)12-26(20(18)24-13-23-19)15-5-8-25(11-15)9-6-22-7-10-27/h1-4,12-13,15,22,27-28H,5-11H2,(H2,21,23,24). The molecule has 5 N–H and O–H groups in total. The lowest BCUT2D eigenvalue weighted by Crippen LogP contribution is -2.32. The third-order valence-corrected chi connectivity index (χ3v) is 5.35. The van der Waals surface area contributed by atoms with Crippen LogP contribution in [-0.2, 0) is 0 Å². The Balaban J connectivity index is 1.62. The van der Waals surface area contributed by atoms with Gasteiger partial charge in [-0.05, 0) is 24.1 Å². The molecule has 0 aliphatic carbocycles. The van der Waals surface area contributed by atoms with Crippen molar-refractivity contribution in [3.8, 4) is 16.9 Å². The van der Waals surface area contributed by atoms with Crippen LogP contribution in [0, 0.1) is 0 Å². The van der Waals surface area contributed by atoms with Crippen molar-refractivity contribution in [1.82, 2.24) is 24.8 Å². The van der Waals surface area contributed by atoms with Crippen LogP contribution in [0.3, 0.4) is 0 Å². The second kappa shape index (κ2) is 8.14. The smallest absolute Gasteiger partial charge is 0.146 e. The van der Waals surface area contributed by atoms with Gasteiger partial charge in [-0.2, -0.15) is 0 Å². The van der Waals surface area contributed by atoms with E-state index in [-0.39, 0.29) is 12.4 Å². The molecular formula is C20H26N6O2. The van der Waals surface area contributed by atoms with Crippen LogP contribution in [0.25, 0.3) is 22.2 Å². The fourth-order valence-corrected chi connectivity index (χ4v) is 3.93. The highest BCUT2D eigenvalue weighted by Gasteiger charge is 2.26. The van der Waals surface area contributed by atoms with Gasteiger partial charge >= 0.3 is 0 Å². The van der Waals surface area contributed by atoms with Crippen LogP contribution in [0.15, 0.2) is 36.8 Å². The van der Waals surface area contributed by atoms with Gasteiger partial charge in [-0.15, -0.1) is 0 Å². The van der Waals surface area contributed by atoms with Crippen LogP contribution in [0.4, 0.5) is 5.82 Å². The molecule has 1 aliphatic heterocycles. The minimum atomic E-state index is 0.166. The molecule has 0 saturated carbocycles. The quantitative estimate of drug-likeness (QED) is 0.455. The normalized spacial score (nSPS) is 17.5. The molecule has 8 heteroatoms. The molecule has 1 atom stereocenters. The average molecular weight is 382 g/mol. The van der Waals surface area contributed by atoms with Crippen LogP contribution >= 0.6 is 0 Å². The molecule has 1 unspecified atom stereocenters. The summed E-state index contributed by atoms with van der Waals surface area (Å²) in [5.41, 5.74) is 9.01. The zero-order valence-corrected chi connectivity index (χ0v) is 15.8. The van der Waals surface area contributed by atoms with E-state index >= 15 is 0 Å².